The van der Waals surface area contributed by atoms with Gasteiger partial charge < -0.3 is 5.32 Å². The Kier molecular flexibility index (Phi) is 4.75. The number of aryl methyl sites for hydroxylation is 3. The van der Waals surface area contributed by atoms with Crippen LogP contribution in [0, 0.1) is 20.8 Å². The summed E-state index contributed by atoms with van der Waals surface area (Å²) in [6.07, 6.45) is 0.517. The van der Waals surface area contributed by atoms with Crippen LogP contribution >= 0.6 is 0 Å². The second-order valence-electron chi connectivity index (χ2n) is 5.47. The van der Waals surface area contributed by atoms with Crippen LogP contribution in [0.1, 0.15) is 36.3 Å². The predicted molar refractivity (Wildman–Crippen MR) is 87.1 cm³/mol. The minimum absolute atomic E-state index is 0.206. The molecule has 0 spiro atoms. The Morgan fingerprint density at radius 3 is 2.41 bits per heavy atom. The van der Waals surface area contributed by atoms with Crippen molar-refractivity contribution in [1.82, 2.24) is 9.55 Å². The lowest BCUT2D eigenvalue weighted by Gasteiger charge is -2.20. The smallest absolute Gasteiger partial charge is 0.324 e. The van der Waals surface area contributed by atoms with Crippen molar-refractivity contribution < 1.29 is 4.79 Å². The van der Waals surface area contributed by atoms with Gasteiger partial charge in [-0.15, -0.1) is 0 Å². The van der Waals surface area contributed by atoms with Crippen LogP contribution in [0.4, 0.5) is 5.69 Å². The Hall–Kier alpha value is -2.43. The van der Waals surface area contributed by atoms with Crippen molar-refractivity contribution in [2.75, 3.05) is 5.32 Å². The molecule has 1 heterocycles. The highest BCUT2D eigenvalue weighted by Gasteiger charge is 2.21. The van der Waals surface area contributed by atoms with Gasteiger partial charge in [-0.05, 0) is 45.4 Å². The van der Waals surface area contributed by atoms with Gasteiger partial charge in [-0.3, -0.25) is 9.36 Å². The lowest BCUT2D eigenvalue weighted by atomic mass is 10.1. The summed E-state index contributed by atoms with van der Waals surface area (Å²) in [7, 11) is 0. The number of nitrogens with one attached hydrogen (secondary N) is 1. The number of amides is 1. The van der Waals surface area contributed by atoms with Crippen LogP contribution < -0.4 is 11.0 Å². The van der Waals surface area contributed by atoms with Gasteiger partial charge in [-0.25, -0.2) is 4.79 Å². The number of hydrogen-bond donors (Lipinski definition) is 1. The highest BCUT2D eigenvalue weighted by atomic mass is 16.2. The van der Waals surface area contributed by atoms with Gasteiger partial charge in [0.15, 0.2) is 0 Å². The Morgan fingerprint density at radius 1 is 1.23 bits per heavy atom. The summed E-state index contributed by atoms with van der Waals surface area (Å²) in [5, 5.41) is 2.86. The summed E-state index contributed by atoms with van der Waals surface area (Å²) in [4.78, 5) is 28.6. The van der Waals surface area contributed by atoms with Gasteiger partial charge in [0.25, 0.3) is 0 Å². The first-order valence-corrected chi connectivity index (χ1v) is 7.36. The van der Waals surface area contributed by atoms with E-state index in [2.05, 4.69) is 10.3 Å². The third-order valence-corrected chi connectivity index (χ3v) is 3.60. The normalized spacial score (nSPS) is 12.0. The summed E-state index contributed by atoms with van der Waals surface area (Å²) < 4.78 is 1.45. The maximum Gasteiger partial charge on any atom is 0.348 e. The molecule has 5 nitrogen and oxygen atoms in total. The topological polar surface area (TPSA) is 64.0 Å². The summed E-state index contributed by atoms with van der Waals surface area (Å²) in [5.74, 6) is -0.206. The fourth-order valence-electron chi connectivity index (χ4n) is 2.49. The average Bonchev–Trinajstić information content (AvgIpc) is 2.45. The molecule has 2 aromatic rings. The molecular weight excluding hydrogens is 278 g/mol. The molecule has 0 aliphatic rings. The molecule has 1 unspecified atom stereocenters. The van der Waals surface area contributed by atoms with Crippen molar-refractivity contribution in [2.24, 2.45) is 0 Å². The van der Waals surface area contributed by atoms with E-state index in [0.29, 0.717) is 12.1 Å². The minimum Gasteiger partial charge on any atom is -0.324 e. The predicted octanol–water partition coefficient (Wildman–Crippen LogP) is 2.76. The molecule has 1 amide bonds. The summed E-state index contributed by atoms with van der Waals surface area (Å²) in [5.41, 5.74) is 2.86. The Labute approximate surface area is 130 Å². The van der Waals surface area contributed by atoms with Crippen LogP contribution in [0.3, 0.4) is 0 Å². The molecule has 1 atom stereocenters. The molecular formula is C17H21N3O2. The molecule has 0 aliphatic heterocycles. The van der Waals surface area contributed by atoms with E-state index >= 15 is 0 Å². The second kappa shape index (κ2) is 6.56. The number of carbonyl (C=O) groups excluding carboxylic acids is 1. The quantitative estimate of drug-likeness (QED) is 0.944. The third-order valence-electron chi connectivity index (χ3n) is 3.60. The van der Waals surface area contributed by atoms with E-state index in [1.807, 2.05) is 51.1 Å². The van der Waals surface area contributed by atoms with Crippen molar-refractivity contribution in [1.29, 1.82) is 0 Å². The standard InChI is InChI=1S/C17H21N3O2/c1-5-15(20-13(4)10-12(3)18-17(20)22)16(21)19-14-8-6-11(2)7-9-14/h6-10,15H,5H2,1-4H3,(H,19,21). The summed E-state index contributed by atoms with van der Waals surface area (Å²) in [6, 6.07) is 8.81. The Bertz CT molecular complexity index is 733. The van der Waals surface area contributed by atoms with Crippen molar-refractivity contribution in [2.45, 2.75) is 40.2 Å². The second-order valence-corrected chi connectivity index (χ2v) is 5.47. The number of rotatable bonds is 4. The SMILES string of the molecule is CCC(C(=O)Nc1ccc(C)cc1)n1c(C)cc(C)nc1=O. The summed E-state index contributed by atoms with van der Waals surface area (Å²) in [6.45, 7) is 7.45. The molecule has 0 fully saturated rings. The summed E-state index contributed by atoms with van der Waals surface area (Å²) >= 11 is 0. The fraction of sp³-hybridized carbons (Fsp3) is 0.353. The molecule has 116 valence electrons. The van der Waals surface area contributed by atoms with Gasteiger partial charge in [-0.1, -0.05) is 24.6 Å². The largest absolute Gasteiger partial charge is 0.348 e. The molecule has 0 bridgehead atoms. The third kappa shape index (κ3) is 3.42. The zero-order valence-electron chi connectivity index (χ0n) is 13.4. The Balaban J connectivity index is 2.30. The van der Waals surface area contributed by atoms with Crippen molar-refractivity contribution in [3.8, 4) is 0 Å². The van der Waals surface area contributed by atoms with Crippen LogP contribution in [-0.4, -0.2) is 15.5 Å². The highest BCUT2D eigenvalue weighted by Crippen LogP contribution is 2.16. The van der Waals surface area contributed by atoms with E-state index < -0.39 is 6.04 Å². The molecule has 1 aromatic carbocycles. The van der Waals surface area contributed by atoms with Gasteiger partial charge in [0.2, 0.25) is 5.91 Å². The lowest BCUT2D eigenvalue weighted by Crippen LogP contribution is -2.36. The maximum atomic E-state index is 12.5. The number of aromatic nitrogens is 2. The van der Waals surface area contributed by atoms with Crippen LogP contribution in [0.2, 0.25) is 0 Å². The zero-order chi connectivity index (χ0) is 16.3. The van der Waals surface area contributed by atoms with Crippen LogP contribution in [0.25, 0.3) is 0 Å². The lowest BCUT2D eigenvalue weighted by molar-refractivity contribution is -0.119. The first-order valence-electron chi connectivity index (χ1n) is 7.36. The molecule has 2 rings (SSSR count). The minimum atomic E-state index is -0.568. The van der Waals surface area contributed by atoms with Gasteiger partial charge in [-0.2, -0.15) is 4.98 Å². The van der Waals surface area contributed by atoms with E-state index in [0.717, 1.165) is 16.9 Å². The molecule has 0 aliphatic carbocycles. The van der Waals surface area contributed by atoms with Crippen molar-refractivity contribution >= 4 is 11.6 Å². The van der Waals surface area contributed by atoms with Crippen LogP contribution in [-0.2, 0) is 4.79 Å². The molecule has 0 saturated heterocycles. The number of carbonyl (C=O) groups is 1. The van der Waals surface area contributed by atoms with Crippen molar-refractivity contribution in [3.63, 3.8) is 0 Å². The molecule has 5 heteroatoms. The first-order chi connectivity index (χ1) is 10.4. The number of benzene rings is 1. The number of anilines is 1. The van der Waals surface area contributed by atoms with Gasteiger partial charge in [0.1, 0.15) is 6.04 Å². The zero-order valence-corrected chi connectivity index (χ0v) is 13.4. The van der Waals surface area contributed by atoms with Crippen molar-refractivity contribution in [3.05, 3.63) is 57.8 Å². The van der Waals surface area contributed by atoms with Crippen LogP contribution in [0.5, 0.6) is 0 Å². The van der Waals surface area contributed by atoms with Gasteiger partial charge in [0.05, 0.1) is 0 Å². The molecule has 0 saturated carbocycles. The van der Waals surface area contributed by atoms with E-state index in [4.69, 9.17) is 0 Å². The maximum absolute atomic E-state index is 12.5. The van der Waals surface area contributed by atoms with E-state index in [1.165, 1.54) is 4.57 Å². The van der Waals surface area contributed by atoms with Gasteiger partial charge in [0, 0.05) is 17.1 Å². The Morgan fingerprint density at radius 2 is 1.86 bits per heavy atom. The molecule has 0 radical (unpaired) electrons. The van der Waals surface area contributed by atoms with Gasteiger partial charge >= 0.3 is 5.69 Å². The molecule has 1 N–H and O–H groups in total. The monoisotopic (exact) mass is 299 g/mol. The molecule has 1 aromatic heterocycles. The van der Waals surface area contributed by atoms with Crippen LogP contribution in [0.15, 0.2) is 35.1 Å². The average molecular weight is 299 g/mol. The fourth-order valence-corrected chi connectivity index (χ4v) is 2.49. The number of nitrogens with zero attached hydrogens (tertiary/aromatic N) is 2. The highest BCUT2D eigenvalue weighted by molar-refractivity contribution is 5.93. The molecule has 22 heavy (non-hydrogen) atoms. The number of hydrogen-bond acceptors (Lipinski definition) is 3. The van der Waals surface area contributed by atoms with E-state index in [-0.39, 0.29) is 11.6 Å². The van der Waals surface area contributed by atoms with E-state index in [9.17, 15) is 9.59 Å². The first kappa shape index (κ1) is 15.9. The van der Waals surface area contributed by atoms with E-state index in [1.54, 1.807) is 6.92 Å².